The van der Waals surface area contributed by atoms with Gasteiger partial charge in [-0.05, 0) is 49.4 Å². The van der Waals surface area contributed by atoms with Crippen LogP contribution in [0.15, 0.2) is 30.5 Å². The highest BCUT2D eigenvalue weighted by molar-refractivity contribution is 5.72. The summed E-state index contributed by atoms with van der Waals surface area (Å²) in [6.07, 6.45) is 4.33. The van der Waals surface area contributed by atoms with Crippen LogP contribution in [0.1, 0.15) is 22.4 Å². The fourth-order valence-electron chi connectivity index (χ4n) is 2.53. The lowest BCUT2D eigenvalue weighted by molar-refractivity contribution is 0.928. The topological polar surface area (TPSA) is 12.9 Å². The van der Waals surface area contributed by atoms with Crippen molar-refractivity contribution in [3.8, 4) is 11.1 Å². The molecule has 1 aliphatic carbocycles. The summed E-state index contributed by atoms with van der Waals surface area (Å²) >= 11 is 0. The van der Waals surface area contributed by atoms with Gasteiger partial charge in [-0.2, -0.15) is 0 Å². The van der Waals surface area contributed by atoms with Crippen LogP contribution in [-0.4, -0.2) is 4.98 Å². The molecule has 3 rings (SSSR count). The van der Waals surface area contributed by atoms with E-state index >= 15 is 0 Å². The zero-order chi connectivity index (χ0) is 11.1. The number of fused-ring (bicyclic) bond motifs is 3. The minimum absolute atomic E-state index is 1.12. The summed E-state index contributed by atoms with van der Waals surface area (Å²) in [6, 6.07) is 8.95. The van der Waals surface area contributed by atoms with Crippen molar-refractivity contribution in [2.45, 2.75) is 26.7 Å². The van der Waals surface area contributed by atoms with Gasteiger partial charge in [-0.3, -0.25) is 4.98 Å². The van der Waals surface area contributed by atoms with Gasteiger partial charge in [0.15, 0.2) is 0 Å². The fraction of sp³-hybridized carbons (Fsp3) is 0.267. The summed E-state index contributed by atoms with van der Waals surface area (Å²) in [4.78, 5) is 4.41. The largest absolute Gasteiger partial charge is 0.261 e. The lowest BCUT2D eigenvalue weighted by Gasteiger charge is -2.20. The summed E-state index contributed by atoms with van der Waals surface area (Å²) in [7, 11) is 0. The number of benzene rings is 1. The molecule has 80 valence electrons. The quantitative estimate of drug-likeness (QED) is 0.647. The summed E-state index contributed by atoms with van der Waals surface area (Å²) in [5.74, 6) is 0. The molecule has 0 N–H and O–H groups in total. The second-order valence-corrected chi connectivity index (χ2v) is 4.64. The van der Waals surface area contributed by atoms with Crippen LogP contribution in [0.2, 0.25) is 0 Å². The van der Waals surface area contributed by atoms with Crippen LogP contribution >= 0.6 is 0 Å². The van der Waals surface area contributed by atoms with Gasteiger partial charge in [-0.1, -0.05) is 23.8 Å². The van der Waals surface area contributed by atoms with E-state index in [2.05, 4.69) is 43.1 Å². The Hall–Kier alpha value is -1.63. The van der Waals surface area contributed by atoms with Gasteiger partial charge in [0.1, 0.15) is 0 Å². The standard InChI is InChI=1S/C15H15N/c1-10-3-6-14-12(7-10)4-5-13-8-11(2)16-9-15(13)14/h3,6-9H,4-5H2,1-2H3. The van der Waals surface area contributed by atoms with Crippen molar-refractivity contribution in [3.05, 3.63) is 52.8 Å². The molecule has 1 aromatic heterocycles. The lowest BCUT2D eigenvalue weighted by Crippen LogP contribution is -2.05. The van der Waals surface area contributed by atoms with Crippen LogP contribution in [0.4, 0.5) is 0 Å². The maximum absolute atomic E-state index is 4.41. The van der Waals surface area contributed by atoms with Crippen molar-refractivity contribution in [1.29, 1.82) is 0 Å². The second-order valence-electron chi connectivity index (χ2n) is 4.64. The van der Waals surface area contributed by atoms with Crippen molar-refractivity contribution < 1.29 is 0 Å². The second kappa shape index (κ2) is 3.44. The third-order valence-electron chi connectivity index (χ3n) is 3.34. The van der Waals surface area contributed by atoms with Crippen LogP contribution < -0.4 is 0 Å². The Balaban J connectivity index is 2.23. The number of nitrogens with zero attached hydrogens (tertiary/aromatic N) is 1. The van der Waals surface area contributed by atoms with E-state index in [1.165, 1.54) is 27.8 Å². The number of aryl methyl sites for hydroxylation is 4. The van der Waals surface area contributed by atoms with Gasteiger partial charge in [-0.25, -0.2) is 0 Å². The third-order valence-corrected chi connectivity index (χ3v) is 3.34. The molecule has 1 nitrogen and oxygen atoms in total. The first-order valence-corrected chi connectivity index (χ1v) is 5.79. The molecule has 1 aliphatic rings. The normalized spacial score (nSPS) is 13.1. The molecule has 0 amide bonds. The van der Waals surface area contributed by atoms with Crippen molar-refractivity contribution >= 4 is 0 Å². The zero-order valence-corrected chi connectivity index (χ0v) is 9.75. The Morgan fingerprint density at radius 3 is 2.50 bits per heavy atom. The lowest BCUT2D eigenvalue weighted by atomic mass is 9.86. The van der Waals surface area contributed by atoms with Crippen molar-refractivity contribution in [2.75, 3.05) is 0 Å². The molecule has 1 heteroatoms. The summed E-state index contributed by atoms with van der Waals surface area (Å²) in [5.41, 5.74) is 8.09. The van der Waals surface area contributed by atoms with Gasteiger partial charge < -0.3 is 0 Å². The Bertz CT molecular complexity index is 504. The first-order valence-electron chi connectivity index (χ1n) is 5.79. The predicted octanol–water partition coefficient (Wildman–Crippen LogP) is 3.46. The number of rotatable bonds is 0. The molecular weight excluding hydrogens is 194 g/mol. The molecule has 0 radical (unpaired) electrons. The highest BCUT2D eigenvalue weighted by Crippen LogP contribution is 2.33. The van der Waals surface area contributed by atoms with Gasteiger partial charge in [0, 0.05) is 17.5 Å². The Kier molecular flexibility index (Phi) is 2.06. The smallest absolute Gasteiger partial charge is 0.0375 e. The van der Waals surface area contributed by atoms with E-state index in [1.54, 1.807) is 0 Å². The molecule has 16 heavy (non-hydrogen) atoms. The highest BCUT2D eigenvalue weighted by Gasteiger charge is 2.16. The molecule has 0 saturated heterocycles. The molecule has 2 aromatic rings. The maximum atomic E-state index is 4.41. The Morgan fingerprint density at radius 1 is 0.938 bits per heavy atom. The Morgan fingerprint density at radius 2 is 1.69 bits per heavy atom. The highest BCUT2D eigenvalue weighted by atomic mass is 14.7. The summed E-state index contributed by atoms with van der Waals surface area (Å²) in [6.45, 7) is 4.22. The van der Waals surface area contributed by atoms with Crippen LogP contribution in [0.3, 0.4) is 0 Å². The average Bonchev–Trinajstić information content (AvgIpc) is 2.28. The van der Waals surface area contributed by atoms with Gasteiger partial charge in [0.25, 0.3) is 0 Å². The van der Waals surface area contributed by atoms with Gasteiger partial charge in [0.2, 0.25) is 0 Å². The zero-order valence-electron chi connectivity index (χ0n) is 9.75. The van der Waals surface area contributed by atoms with Crippen LogP contribution in [0, 0.1) is 13.8 Å². The SMILES string of the molecule is Cc1ccc2c(c1)CCc1cc(C)ncc1-2. The summed E-state index contributed by atoms with van der Waals surface area (Å²) < 4.78 is 0. The third kappa shape index (κ3) is 1.44. The minimum atomic E-state index is 1.12. The van der Waals surface area contributed by atoms with E-state index in [0.29, 0.717) is 0 Å². The van der Waals surface area contributed by atoms with E-state index in [0.717, 1.165) is 18.5 Å². The summed E-state index contributed by atoms with van der Waals surface area (Å²) in [5, 5.41) is 0. The molecule has 0 bridgehead atoms. The number of hydrogen-bond acceptors (Lipinski definition) is 1. The average molecular weight is 209 g/mol. The molecule has 1 heterocycles. The monoisotopic (exact) mass is 209 g/mol. The number of pyridine rings is 1. The molecule has 0 aliphatic heterocycles. The van der Waals surface area contributed by atoms with E-state index in [1.807, 2.05) is 6.20 Å². The van der Waals surface area contributed by atoms with Gasteiger partial charge in [-0.15, -0.1) is 0 Å². The van der Waals surface area contributed by atoms with Crippen molar-refractivity contribution in [3.63, 3.8) is 0 Å². The molecular formula is C15H15N. The van der Waals surface area contributed by atoms with E-state index in [-0.39, 0.29) is 0 Å². The van der Waals surface area contributed by atoms with E-state index in [4.69, 9.17) is 0 Å². The van der Waals surface area contributed by atoms with Crippen molar-refractivity contribution in [2.24, 2.45) is 0 Å². The molecule has 0 spiro atoms. The van der Waals surface area contributed by atoms with Crippen LogP contribution in [0.25, 0.3) is 11.1 Å². The minimum Gasteiger partial charge on any atom is -0.261 e. The molecule has 0 fully saturated rings. The van der Waals surface area contributed by atoms with E-state index in [9.17, 15) is 0 Å². The van der Waals surface area contributed by atoms with Crippen LogP contribution in [0.5, 0.6) is 0 Å². The molecule has 0 unspecified atom stereocenters. The fourth-order valence-corrected chi connectivity index (χ4v) is 2.53. The number of aromatic nitrogens is 1. The van der Waals surface area contributed by atoms with Gasteiger partial charge in [0.05, 0.1) is 0 Å². The van der Waals surface area contributed by atoms with Crippen LogP contribution in [-0.2, 0) is 12.8 Å². The number of hydrogen-bond donors (Lipinski definition) is 0. The Labute approximate surface area is 96.2 Å². The maximum Gasteiger partial charge on any atom is 0.0375 e. The predicted molar refractivity (Wildman–Crippen MR) is 66.6 cm³/mol. The van der Waals surface area contributed by atoms with E-state index < -0.39 is 0 Å². The first-order chi connectivity index (χ1) is 7.74. The molecule has 0 saturated carbocycles. The molecule has 0 atom stereocenters. The van der Waals surface area contributed by atoms with Gasteiger partial charge >= 0.3 is 0 Å². The van der Waals surface area contributed by atoms with Crippen molar-refractivity contribution in [1.82, 2.24) is 4.98 Å². The first kappa shape index (κ1) is 9.59. The molecule has 1 aromatic carbocycles.